The third kappa shape index (κ3) is 2.73. The van der Waals surface area contributed by atoms with Crippen LogP contribution in [0.1, 0.15) is 38.5 Å². The lowest BCUT2D eigenvalue weighted by Gasteiger charge is -2.40. The zero-order valence-electron chi connectivity index (χ0n) is 15.5. The van der Waals surface area contributed by atoms with E-state index in [2.05, 4.69) is 6.07 Å². The Hall–Kier alpha value is -1.47. The third-order valence-corrected chi connectivity index (χ3v) is 10.4. The average Bonchev–Trinajstić information content (AvgIpc) is 3.06. The quantitative estimate of drug-likeness (QED) is 0.795. The molecule has 1 amide bonds. The largest absolute Gasteiger partial charge is 0.322 e. The maximum atomic E-state index is 13.1. The van der Waals surface area contributed by atoms with Crippen molar-refractivity contribution in [3.8, 4) is 6.07 Å². The first kappa shape index (κ1) is 18.6. The van der Waals surface area contributed by atoms with Crippen molar-refractivity contribution in [2.45, 2.75) is 72.9 Å². The molecule has 1 aliphatic carbocycles. The number of carbonyl (C=O) groups excluding carboxylic acids is 1. The van der Waals surface area contributed by atoms with Gasteiger partial charge in [-0.05, 0) is 61.8 Å². The summed E-state index contributed by atoms with van der Waals surface area (Å²) in [4.78, 5) is 14.8. The molecule has 3 saturated heterocycles. The Balaban J connectivity index is 1.32. The van der Waals surface area contributed by atoms with Crippen molar-refractivity contribution in [2.24, 2.45) is 17.6 Å². The molecule has 5 rings (SSSR count). The summed E-state index contributed by atoms with van der Waals surface area (Å²) in [5, 5.41) is 11.1. The lowest BCUT2D eigenvalue weighted by Crippen LogP contribution is -2.55. The van der Waals surface area contributed by atoms with E-state index in [-0.39, 0.29) is 36.0 Å². The van der Waals surface area contributed by atoms with Crippen LogP contribution in [0.15, 0.2) is 21.7 Å². The Kier molecular flexibility index (Phi) is 4.32. The third-order valence-electron chi connectivity index (χ3n) is 7.03. The topological polar surface area (TPSA) is 108 Å². The van der Waals surface area contributed by atoms with E-state index in [1.54, 1.807) is 26.7 Å². The summed E-state index contributed by atoms with van der Waals surface area (Å²) in [6.45, 7) is 0. The highest BCUT2D eigenvalue weighted by molar-refractivity contribution is 7.91. The van der Waals surface area contributed by atoms with Crippen LogP contribution in [0, 0.1) is 23.2 Å². The Morgan fingerprint density at radius 1 is 1.25 bits per heavy atom. The number of rotatable bonds is 4. The molecule has 0 aromatic carbocycles. The first-order valence-corrected chi connectivity index (χ1v) is 12.3. The molecule has 1 saturated carbocycles. The maximum absolute atomic E-state index is 13.1. The predicted molar refractivity (Wildman–Crippen MR) is 104 cm³/mol. The number of likely N-dealkylation sites (tertiary alicyclic amines) is 1. The Morgan fingerprint density at radius 3 is 2.57 bits per heavy atom. The van der Waals surface area contributed by atoms with Gasteiger partial charge in [-0.2, -0.15) is 9.57 Å². The number of nitrogens with two attached hydrogens (primary N) is 1. The summed E-state index contributed by atoms with van der Waals surface area (Å²) in [6, 6.07) is 4.68. The van der Waals surface area contributed by atoms with Crippen molar-refractivity contribution in [1.82, 2.24) is 9.21 Å². The van der Waals surface area contributed by atoms with Crippen molar-refractivity contribution in [3.63, 3.8) is 0 Å². The van der Waals surface area contributed by atoms with E-state index in [1.165, 1.54) is 11.3 Å². The van der Waals surface area contributed by atoms with E-state index in [0.717, 1.165) is 25.7 Å². The molecule has 0 spiro atoms. The smallest absolute Gasteiger partial charge is 0.253 e. The van der Waals surface area contributed by atoms with Gasteiger partial charge in [-0.1, -0.05) is 6.07 Å². The second-order valence-electron chi connectivity index (χ2n) is 8.60. The first-order valence-electron chi connectivity index (χ1n) is 9.96. The molecule has 4 fully saturated rings. The number of fused-ring (bicyclic) bond motifs is 3. The van der Waals surface area contributed by atoms with Crippen LogP contribution in [0.25, 0.3) is 0 Å². The monoisotopic (exact) mass is 420 g/mol. The zero-order valence-corrected chi connectivity index (χ0v) is 17.1. The van der Waals surface area contributed by atoms with Crippen LogP contribution in [0.3, 0.4) is 0 Å². The number of piperidine rings is 2. The fourth-order valence-corrected chi connectivity index (χ4v) is 8.62. The van der Waals surface area contributed by atoms with Crippen LogP contribution >= 0.6 is 11.3 Å². The highest BCUT2D eigenvalue weighted by Gasteiger charge is 2.56. The normalized spacial score (nSPS) is 38.1. The van der Waals surface area contributed by atoms with Crippen molar-refractivity contribution in [2.75, 3.05) is 0 Å². The summed E-state index contributed by atoms with van der Waals surface area (Å²) in [5.74, 6) is 0.321. The van der Waals surface area contributed by atoms with E-state index in [0.29, 0.717) is 23.0 Å². The van der Waals surface area contributed by atoms with Gasteiger partial charge in [0.2, 0.25) is 5.91 Å². The molecule has 5 unspecified atom stereocenters. The molecule has 2 bridgehead atoms. The molecular weight excluding hydrogens is 396 g/mol. The van der Waals surface area contributed by atoms with E-state index in [1.807, 2.05) is 0 Å². The van der Waals surface area contributed by atoms with E-state index >= 15 is 0 Å². The van der Waals surface area contributed by atoms with Gasteiger partial charge in [-0.25, -0.2) is 8.42 Å². The molecule has 3 aliphatic heterocycles. The fourth-order valence-electron chi connectivity index (χ4n) is 5.64. The van der Waals surface area contributed by atoms with Gasteiger partial charge in [-0.15, -0.1) is 11.3 Å². The van der Waals surface area contributed by atoms with Crippen molar-refractivity contribution < 1.29 is 13.2 Å². The summed E-state index contributed by atoms with van der Waals surface area (Å²) < 4.78 is 28.2. The van der Waals surface area contributed by atoms with Crippen LogP contribution in [0.5, 0.6) is 0 Å². The van der Waals surface area contributed by atoms with Crippen LogP contribution in [0.2, 0.25) is 0 Å². The van der Waals surface area contributed by atoms with Gasteiger partial charge < -0.3 is 10.6 Å². The molecule has 9 heteroatoms. The minimum absolute atomic E-state index is 0.0306. The number of nitrogens with zero attached hydrogens (tertiary/aromatic N) is 3. The van der Waals surface area contributed by atoms with E-state index < -0.39 is 16.1 Å². The lowest BCUT2D eigenvalue weighted by molar-refractivity contribution is -0.135. The van der Waals surface area contributed by atoms with Crippen LogP contribution < -0.4 is 5.73 Å². The summed E-state index contributed by atoms with van der Waals surface area (Å²) in [7, 11) is -3.48. The van der Waals surface area contributed by atoms with Gasteiger partial charge in [0.1, 0.15) is 10.3 Å². The second kappa shape index (κ2) is 6.52. The van der Waals surface area contributed by atoms with Crippen molar-refractivity contribution in [1.29, 1.82) is 5.26 Å². The minimum atomic E-state index is -3.48. The van der Waals surface area contributed by atoms with E-state index in [4.69, 9.17) is 5.73 Å². The highest BCUT2D eigenvalue weighted by atomic mass is 32.2. The Bertz CT molecular complexity index is 911. The molecule has 28 heavy (non-hydrogen) atoms. The van der Waals surface area contributed by atoms with Crippen LogP contribution in [-0.4, -0.2) is 53.7 Å². The SMILES string of the molecule is N#CC1CC2CC2N1C(=O)[C@@H](N)C1CC2CC[C@@H](C1)N2S(=O)(=O)c1cccs1. The summed E-state index contributed by atoms with van der Waals surface area (Å²) in [5.41, 5.74) is 6.40. The minimum Gasteiger partial charge on any atom is -0.322 e. The zero-order chi connectivity index (χ0) is 19.6. The molecule has 4 aliphatic rings. The van der Waals surface area contributed by atoms with Crippen LogP contribution in [0.4, 0.5) is 0 Å². The highest BCUT2D eigenvalue weighted by Crippen LogP contribution is 2.49. The second-order valence-corrected chi connectivity index (χ2v) is 11.6. The first-order chi connectivity index (χ1) is 13.4. The van der Waals surface area contributed by atoms with E-state index in [9.17, 15) is 18.5 Å². The molecule has 4 heterocycles. The average molecular weight is 421 g/mol. The molecule has 7 atom stereocenters. The number of amides is 1. The predicted octanol–water partition coefficient (Wildman–Crippen LogP) is 1.52. The van der Waals surface area contributed by atoms with Gasteiger partial charge in [0.25, 0.3) is 10.0 Å². The van der Waals surface area contributed by atoms with Crippen LogP contribution in [-0.2, 0) is 14.8 Å². The summed E-state index contributed by atoms with van der Waals surface area (Å²) in [6.07, 6.45) is 4.63. The molecular formula is C19H24N4O3S2. The summed E-state index contributed by atoms with van der Waals surface area (Å²) >= 11 is 1.25. The molecule has 150 valence electrons. The van der Waals surface area contributed by atoms with Gasteiger partial charge in [0.05, 0.1) is 12.1 Å². The number of thiophene rings is 1. The molecule has 2 N–H and O–H groups in total. The number of sulfonamides is 1. The Morgan fingerprint density at radius 2 is 1.96 bits per heavy atom. The fraction of sp³-hybridized carbons (Fsp3) is 0.684. The number of hydrogen-bond donors (Lipinski definition) is 1. The maximum Gasteiger partial charge on any atom is 0.253 e. The molecule has 1 aromatic heterocycles. The van der Waals surface area contributed by atoms with Crippen molar-refractivity contribution in [3.05, 3.63) is 17.5 Å². The Labute approximate surface area is 169 Å². The van der Waals surface area contributed by atoms with Gasteiger partial charge >= 0.3 is 0 Å². The number of carbonyl (C=O) groups is 1. The standard InChI is InChI=1S/C19H24N4O3S2/c20-10-15-6-11-9-16(11)22(15)19(24)18(21)12-7-13-3-4-14(8-12)23(13)28(25,26)17-2-1-5-27-17/h1-2,5,11-16,18H,3-4,6-9,21H2/t11?,12?,13-,14?,15?,16?,18-/m0/s1. The van der Waals surface area contributed by atoms with Gasteiger partial charge in [0.15, 0.2) is 0 Å². The number of hydrogen-bond acceptors (Lipinski definition) is 6. The molecule has 1 aromatic rings. The molecule has 0 radical (unpaired) electrons. The lowest BCUT2D eigenvalue weighted by atomic mass is 9.85. The van der Waals surface area contributed by atoms with Gasteiger partial charge in [0, 0.05) is 18.1 Å². The molecule has 7 nitrogen and oxygen atoms in total. The number of nitriles is 1. The van der Waals surface area contributed by atoms with Crippen molar-refractivity contribution >= 4 is 27.3 Å². The van der Waals surface area contributed by atoms with Gasteiger partial charge in [-0.3, -0.25) is 4.79 Å².